The van der Waals surface area contributed by atoms with Crippen molar-refractivity contribution in [2.45, 2.75) is 13.5 Å². The van der Waals surface area contributed by atoms with Crippen LogP contribution in [0.4, 0.5) is 10.2 Å². The summed E-state index contributed by atoms with van der Waals surface area (Å²) in [4.78, 5) is 8.36. The molecule has 0 saturated heterocycles. The molecule has 0 fully saturated rings. The maximum atomic E-state index is 13.1. The van der Waals surface area contributed by atoms with Gasteiger partial charge in [0.05, 0.1) is 0 Å². The predicted molar refractivity (Wildman–Crippen MR) is 75.9 cm³/mol. The molecule has 0 saturated carbocycles. The third kappa shape index (κ3) is 3.49. The van der Waals surface area contributed by atoms with E-state index in [9.17, 15) is 4.39 Å². The largest absolute Gasteiger partial charge is 0.366 e. The lowest BCUT2D eigenvalue weighted by Gasteiger charge is -2.08. The Bertz CT molecular complexity index is 555. The molecule has 0 atom stereocenters. The number of halogens is 3. The van der Waals surface area contributed by atoms with Gasteiger partial charge in [-0.1, -0.05) is 15.9 Å². The Labute approximate surface area is 121 Å². The van der Waals surface area contributed by atoms with E-state index in [1.165, 1.54) is 12.1 Å². The number of hydrogen-bond acceptors (Lipinski definition) is 3. The van der Waals surface area contributed by atoms with Gasteiger partial charge in [-0.05, 0) is 46.6 Å². The van der Waals surface area contributed by atoms with E-state index >= 15 is 0 Å². The second kappa shape index (κ2) is 5.75. The number of nitrogens with zero attached hydrogens (tertiary/aromatic N) is 2. The molecule has 94 valence electrons. The number of anilines is 1. The van der Waals surface area contributed by atoms with Gasteiger partial charge in [0.2, 0.25) is 0 Å². The van der Waals surface area contributed by atoms with Crippen LogP contribution in [0.5, 0.6) is 0 Å². The molecule has 1 heterocycles. The zero-order valence-corrected chi connectivity index (χ0v) is 12.7. The van der Waals surface area contributed by atoms with E-state index in [4.69, 9.17) is 0 Å². The molecule has 3 nitrogen and oxygen atoms in total. The van der Waals surface area contributed by atoms with Crippen LogP contribution in [0.1, 0.15) is 11.4 Å². The van der Waals surface area contributed by atoms with Gasteiger partial charge in [-0.25, -0.2) is 14.4 Å². The van der Waals surface area contributed by atoms with Gasteiger partial charge in [0.25, 0.3) is 0 Å². The van der Waals surface area contributed by atoms with Gasteiger partial charge in [-0.15, -0.1) is 0 Å². The molecule has 1 aromatic heterocycles. The van der Waals surface area contributed by atoms with Crippen LogP contribution >= 0.6 is 31.9 Å². The maximum Gasteiger partial charge on any atom is 0.131 e. The fourth-order valence-electron chi connectivity index (χ4n) is 1.49. The molecular weight excluding hydrogens is 365 g/mol. The topological polar surface area (TPSA) is 37.8 Å². The van der Waals surface area contributed by atoms with Crippen molar-refractivity contribution in [3.05, 3.63) is 50.5 Å². The molecule has 2 rings (SSSR count). The quantitative estimate of drug-likeness (QED) is 0.823. The number of rotatable bonds is 3. The van der Waals surface area contributed by atoms with E-state index in [1.54, 1.807) is 12.1 Å². The first-order chi connectivity index (χ1) is 8.54. The van der Waals surface area contributed by atoms with Gasteiger partial charge >= 0.3 is 0 Å². The molecule has 6 heteroatoms. The summed E-state index contributed by atoms with van der Waals surface area (Å²) in [6.45, 7) is 2.30. The molecule has 1 N–H and O–H groups in total. The monoisotopic (exact) mass is 373 g/mol. The molecule has 0 radical (unpaired) electrons. The summed E-state index contributed by atoms with van der Waals surface area (Å²) in [6.07, 6.45) is 0. The Morgan fingerprint density at radius 1 is 1.22 bits per heavy atom. The summed E-state index contributed by atoms with van der Waals surface area (Å²) in [5, 5.41) is 3.13. The van der Waals surface area contributed by atoms with Crippen molar-refractivity contribution in [3.63, 3.8) is 0 Å². The average molecular weight is 375 g/mol. The second-order valence-corrected chi connectivity index (χ2v) is 5.38. The number of benzene rings is 1. The first-order valence-corrected chi connectivity index (χ1v) is 6.82. The van der Waals surface area contributed by atoms with Crippen LogP contribution < -0.4 is 5.32 Å². The lowest BCUT2D eigenvalue weighted by molar-refractivity contribution is 0.625. The molecule has 0 aliphatic heterocycles. The third-order valence-corrected chi connectivity index (χ3v) is 3.45. The SMILES string of the molecule is Cc1nc(Br)cc(NCc2cc(F)ccc2Br)n1. The molecule has 0 aliphatic rings. The van der Waals surface area contributed by atoms with E-state index in [1.807, 2.05) is 6.92 Å². The highest BCUT2D eigenvalue weighted by Crippen LogP contribution is 2.19. The Balaban J connectivity index is 2.13. The van der Waals surface area contributed by atoms with Crippen molar-refractivity contribution in [2.24, 2.45) is 0 Å². The second-order valence-electron chi connectivity index (χ2n) is 3.71. The minimum atomic E-state index is -0.255. The highest BCUT2D eigenvalue weighted by molar-refractivity contribution is 9.10. The van der Waals surface area contributed by atoms with Gasteiger partial charge < -0.3 is 5.32 Å². The van der Waals surface area contributed by atoms with Gasteiger partial charge in [0.15, 0.2) is 0 Å². The average Bonchev–Trinajstić information content (AvgIpc) is 2.29. The zero-order chi connectivity index (χ0) is 13.1. The third-order valence-electron chi connectivity index (χ3n) is 2.27. The van der Waals surface area contributed by atoms with Crippen molar-refractivity contribution in [3.8, 4) is 0 Å². The molecule has 0 amide bonds. The molecule has 0 bridgehead atoms. The van der Waals surface area contributed by atoms with Gasteiger partial charge in [0.1, 0.15) is 22.1 Å². The standard InChI is InChI=1S/C12H10Br2FN3/c1-7-17-11(14)5-12(18-7)16-6-8-4-9(15)2-3-10(8)13/h2-5H,6H2,1H3,(H,16,17,18). The summed E-state index contributed by atoms with van der Waals surface area (Å²) in [7, 11) is 0. The van der Waals surface area contributed by atoms with Crippen LogP contribution in [-0.2, 0) is 6.54 Å². The van der Waals surface area contributed by atoms with E-state index in [0.717, 1.165) is 14.6 Å². The van der Waals surface area contributed by atoms with Gasteiger partial charge in [0, 0.05) is 17.1 Å². The van der Waals surface area contributed by atoms with Crippen LogP contribution in [-0.4, -0.2) is 9.97 Å². The summed E-state index contributed by atoms with van der Waals surface area (Å²) < 4.78 is 14.7. The molecule has 0 spiro atoms. The lowest BCUT2D eigenvalue weighted by Crippen LogP contribution is -2.04. The van der Waals surface area contributed by atoms with Crippen LogP contribution in [0.15, 0.2) is 33.3 Å². The number of aryl methyl sites for hydroxylation is 1. The van der Waals surface area contributed by atoms with Crippen LogP contribution in [0.2, 0.25) is 0 Å². The molecule has 1 aromatic carbocycles. The minimum absolute atomic E-state index is 0.255. The van der Waals surface area contributed by atoms with E-state index in [0.29, 0.717) is 18.2 Å². The van der Waals surface area contributed by atoms with Gasteiger partial charge in [-0.2, -0.15) is 0 Å². The lowest BCUT2D eigenvalue weighted by atomic mass is 10.2. The highest BCUT2D eigenvalue weighted by atomic mass is 79.9. The summed E-state index contributed by atoms with van der Waals surface area (Å²) >= 11 is 6.69. The first-order valence-electron chi connectivity index (χ1n) is 5.23. The fraction of sp³-hybridized carbons (Fsp3) is 0.167. The summed E-state index contributed by atoms with van der Waals surface area (Å²) in [6, 6.07) is 6.37. The normalized spacial score (nSPS) is 10.4. The first kappa shape index (κ1) is 13.4. The van der Waals surface area contributed by atoms with Crippen molar-refractivity contribution in [1.29, 1.82) is 0 Å². The molecule has 18 heavy (non-hydrogen) atoms. The number of nitrogens with one attached hydrogen (secondary N) is 1. The Morgan fingerprint density at radius 2 is 2.00 bits per heavy atom. The van der Waals surface area contributed by atoms with Crippen LogP contribution in [0.25, 0.3) is 0 Å². The molecule has 2 aromatic rings. The number of hydrogen-bond donors (Lipinski definition) is 1. The van der Waals surface area contributed by atoms with Crippen LogP contribution in [0, 0.1) is 12.7 Å². The Hall–Kier alpha value is -1.01. The summed E-state index contributed by atoms with van der Waals surface area (Å²) in [5.74, 6) is 1.12. The molecule has 0 unspecified atom stereocenters. The van der Waals surface area contributed by atoms with E-state index < -0.39 is 0 Å². The van der Waals surface area contributed by atoms with E-state index in [2.05, 4.69) is 47.1 Å². The Morgan fingerprint density at radius 3 is 2.72 bits per heavy atom. The fourth-order valence-corrected chi connectivity index (χ4v) is 2.35. The van der Waals surface area contributed by atoms with Crippen molar-refractivity contribution in [2.75, 3.05) is 5.32 Å². The highest BCUT2D eigenvalue weighted by Gasteiger charge is 2.03. The van der Waals surface area contributed by atoms with E-state index in [-0.39, 0.29) is 5.82 Å². The van der Waals surface area contributed by atoms with Crippen molar-refractivity contribution >= 4 is 37.7 Å². The molecule has 0 aliphatic carbocycles. The van der Waals surface area contributed by atoms with Crippen molar-refractivity contribution < 1.29 is 4.39 Å². The maximum absolute atomic E-state index is 13.1. The Kier molecular flexibility index (Phi) is 4.29. The van der Waals surface area contributed by atoms with Gasteiger partial charge in [-0.3, -0.25) is 0 Å². The zero-order valence-electron chi connectivity index (χ0n) is 9.54. The summed E-state index contributed by atoms with van der Waals surface area (Å²) in [5.41, 5.74) is 0.836. The van der Waals surface area contributed by atoms with Crippen molar-refractivity contribution in [1.82, 2.24) is 9.97 Å². The molecular formula is C12H10Br2FN3. The minimum Gasteiger partial charge on any atom is -0.366 e. The van der Waals surface area contributed by atoms with Crippen LogP contribution in [0.3, 0.4) is 0 Å². The smallest absolute Gasteiger partial charge is 0.131 e. The predicted octanol–water partition coefficient (Wildman–Crippen LogP) is 4.06. The number of aromatic nitrogens is 2.